The minimum Gasteiger partial charge on any atom is -0.389 e. The molecule has 1 spiro atoms. The van der Waals surface area contributed by atoms with Crippen molar-refractivity contribution in [1.82, 2.24) is 0 Å². The van der Waals surface area contributed by atoms with Crippen molar-refractivity contribution >= 4 is 0 Å². The third-order valence-electron chi connectivity index (χ3n) is 6.93. The summed E-state index contributed by atoms with van der Waals surface area (Å²) in [7, 11) is 0. The number of allylic oxidation sites excluding steroid dienone is 2. The van der Waals surface area contributed by atoms with Crippen molar-refractivity contribution in [3.05, 3.63) is 24.3 Å². The molecule has 3 N–H and O–H groups in total. The fourth-order valence-corrected chi connectivity index (χ4v) is 4.91. The van der Waals surface area contributed by atoms with Gasteiger partial charge in [-0.1, -0.05) is 50.0 Å². The van der Waals surface area contributed by atoms with Crippen molar-refractivity contribution in [2.75, 3.05) is 13.2 Å². The summed E-state index contributed by atoms with van der Waals surface area (Å²) in [6, 6.07) is 2.52. The first kappa shape index (κ1) is 20.5. The molecule has 27 heavy (non-hydrogen) atoms. The third-order valence-corrected chi connectivity index (χ3v) is 6.93. The van der Waals surface area contributed by atoms with E-state index in [0.29, 0.717) is 13.2 Å². The van der Waals surface area contributed by atoms with Gasteiger partial charge in [-0.2, -0.15) is 0 Å². The van der Waals surface area contributed by atoms with Gasteiger partial charge in [-0.05, 0) is 43.9 Å². The molecule has 2 saturated carbocycles. The van der Waals surface area contributed by atoms with E-state index in [1.165, 1.54) is 25.7 Å². The zero-order valence-corrected chi connectivity index (χ0v) is 16.7. The molecular formula is C23H35NO3. The predicted molar refractivity (Wildman–Crippen MR) is 108 cm³/mol. The third kappa shape index (κ3) is 4.59. The second-order valence-corrected chi connectivity index (χ2v) is 8.78. The van der Waals surface area contributed by atoms with E-state index in [9.17, 15) is 5.11 Å². The molecule has 0 bridgehead atoms. The Morgan fingerprint density at radius 1 is 1.07 bits per heavy atom. The zero-order chi connectivity index (χ0) is 19.2. The normalized spacial score (nSPS) is 30.3. The molecule has 3 fully saturated rings. The Hall–Kier alpha value is -1.28. The number of aliphatic hydroxyl groups is 1. The molecule has 0 radical (unpaired) electrons. The molecule has 3 rings (SSSR count). The molecule has 0 aromatic rings. The van der Waals surface area contributed by atoms with Crippen molar-refractivity contribution in [1.29, 1.82) is 0 Å². The molecule has 150 valence electrons. The van der Waals surface area contributed by atoms with Crippen LogP contribution in [0.1, 0.15) is 71.1 Å². The predicted octanol–water partition coefficient (Wildman–Crippen LogP) is 4.04. The smallest absolute Gasteiger partial charge is 0.177 e. The van der Waals surface area contributed by atoms with Gasteiger partial charge in [-0.3, -0.25) is 0 Å². The maximum absolute atomic E-state index is 10.3. The van der Waals surface area contributed by atoms with Crippen LogP contribution in [0, 0.1) is 22.8 Å². The summed E-state index contributed by atoms with van der Waals surface area (Å²) >= 11 is 0. The summed E-state index contributed by atoms with van der Waals surface area (Å²) in [5.41, 5.74) is 5.50. The van der Waals surface area contributed by atoms with Gasteiger partial charge in [-0.25, -0.2) is 0 Å². The lowest BCUT2D eigenvalue weighted by molar-refractivity contribution is -0.235. The number of aliphatic hydroxyl groups excluding tert-OH is 1. The van der Waals surface area contributed by atoms with Crippen LogP contribution in [0.3, 0.4) is 0 Å². The van der Waals surface area contributed by atoms with Crippen LogP contribution >= 0.6 is 0 Å². The van der Waals surface area contributed by atoms with Gasteiger partial charge in [0.1, 0.15) is 0 Å². The Kier molecular flexibility index (Phi) is 6.68. The summed E-state index contributed by atoms with van der Waals surface area (Å²) in [4.78, 5) is 0. The minimum atomic E-state index is -0.450. The molecular weight excluding hydrogens is 338 g/mol. The van der Waals surface area contributed by atoms with Crippen molar-refractivity contribution in [2.24, 2.45) is 16.6 Å². The van der Waals surface area contributed by atoms with Crippen molar-refractivity contribution in [3.8, 4) is 12.0 Å². The standard InChI is InChI=1S/C23H35NO3/c1-21(11-4-5-15-23(21)26-18-19-27-23)10-3-2-8-20(25)9-16-22(12-6-13-22)14-7-17-24/h2-3,8,10,20,25H,4-6,9,11-16,18-19,24H2,1H3/b8-2+,10-3+/t20-,21-/m1/s1. The van der Waals surface area contributed by atoms with E-state index in [4.69, 9.17) is 15.2 Å². The molecule has 2 aliphatic carbocycles. The summed E-state index contributed by atoms with van der Waals surface area (Å²) in [5.74, 6) is 2.58. The topological polar surface area (TPSA) is 64.7 Å². The number of rotatable bonds is 7. The van der Waals surface area contributed by atoms with Crippen molar-refractivity contribution in [3.63, 3.8) is 0 Å². The van der Waals surface area contributed by atoms with E-state index in [2.05, 4.69) is 31.0 Å². The zero-order valence-electron chi connectivity index (χ0n) is 16.7. The van der Waals surface area contributed by atoms with Gasteiger partial charge in [0, 0.05) is 24.3 Å². The molecule has 0 amide bonds. The van der Waals surface area contributed by atoms with E-state index < -0.39 is 11.9 Å². The number of nitrogens with two attached hydrogens (primary N) is 1. The van der Waals surface area contributed by atoms with Gasteiger partial charge >= 0.3 is 0 Å². The maximum Gasteiger partial charge on any atom is 0.177 e. The first-order valence-electron chi connectivity index (χ1n) is 10.5. The highest BCUT2D eigenvalue weighted by Gasteiger charge is 2.52. The van der Waals surface area contributed by atoms with Crippen LogP contribution in [0.25, 0.3) is 0 Å². The molecule has 2 atom stereocenters. The molecule has 0 aromatic heterocycles. The Labute approximate surface area is 164 Å². The van der Waals surface area contributed by atoms with E-state index in [1.807, 2.05) is 12.2 Å². The number of ether oxygens (including phenoxy) is 2. The van der Waals surface area contributed by atoms with Gasteiger partial charge in [0.2, 0.25) is 0 Å². The van der Waals surface area contributed by atoms with E-state index in [1.54, 1.807) is 0 Å². The molecule has 3 aliphatic rings. The molecule has 0 unspecified atom stereocenters. The van der Waals surface area contributed by atoms with Gasteiger partial charge < -0.3 is 20.3 Å². The Morgan fingerprint density at radius 3 is 2.48 bits per heavy atom. The van der Waals surface area contributed by atoms with E-state index >= 15 is 0 Å². The molecule has 1 heterocycles. The molecule has 4 heteroatoms. The Morgan fingerprint density at radius 2 is 1.81 bits per heavy atom. The van der Waals surface area contributed by atoms with Crippen LogP contribution < -0.4 is 5.73 Å². The largest absolute Gasteiger partial charge is 0.389 e. The van der Waals surface area contributed by atoms with Gasteiger partial charge in [-0.15, -0.1) is 0 Å². The van der Waals surface area contributed by atoms with E-state index in [-0.39, 0.29) is 10.8 Å². The molecule has 1 aliphatic heterocycles. The highest BCUT2D eigenvalue weighted by molar-refractivity contribution is 5.15. The van der Waals surface area contributed by atoms with Crippen LogP contribution in [0.15, 0.2) is 24.3 Å². The quantitative estimate of drug-likeness (QED) is 0.401. The van der Waals surface area contributed by atoms with Crippen LogP contribution in [-0.4, -0.2) is 30.2 Å². The highest BCUT2D eigenvalue weighted by Crippen LogP contribution is 2.50. The van der Waals surface area contributed by atoms with Gasteiger partial charge in [0.05, 0.1) is 19.3 Å². The summed E-state index contributed by atoms with van der Waals surface area (Å²) < 4.78 is 12.1. The average molecular weight is 374 g/mol. The van der Waals surface area contributed by atoms with Crippen molar-refractivity contribution in [2.45, 2.75) is 83.0 Å². The van der Waals surface area contributed by atoms with Crippen molar-refractivity contribution < 1.29 is 14.6 Å². The summed E-state index contributed by atoms with van der Waals surface area (Å²) in [6.07, 6.45) is 18.5. The number of hydrogen-bond donors (Lipinski definition) is 2. The number of hydrogen-bond acceptors (Lipinski definition) is 4. The average Bonchev–Trinajstić information content (AvgIpc) is 3.11. The second kappa shape index (κ2) is 8.82. The first-order chi connectivity index (χ1) is 13.0. The lowest BCUT2D eigenvalue weighted by Crippen LogP contribution is -2.48. The molecule has 4 nitrogen and oxygen atoms in total. The Bertz CT molecular complexity index is 605. The van der Waals surface area contributed by atoms with Gasteiger partial charge in [0.15, 0.2) is 5.79 Å². The summed E-state index contributed by atoms with van der Waals surface area (Å²) in [5, 5.41) is 10.3. The van der Waals surface area contributed by atoms with Gasteiger partial charge in [0.25, 0.3) is 0 Å². The monoisotopic (exact) mass is 373 g/mol. The van der Waals surface area contributed by atoms with Crippen LogP contribution in [0.4, 0.5) is 0 Å². The SMILES string of the molecule is C[C@@]1(/C=C/C=C/[C@@H](O)CCC2(CC#CN)CCC2)CCCCC12OCCO2. The van der Waals surface area contributed by atoms with Crippen LogP contribution in [-0.2, 0) is 9.47 Å². The fourth-order valence-electron chi connectivity index (χ4n) is 4.91. The lowest BCUT2D eigenvalue weighted by Gasteiger charge is -2.46. The highest BCUT2D eigenvalue weighted by atomic mass is 16.7. The lowest BCUT2D eigenvalue weighted by atomic mass is 9.64. The minimum absolute atomic E-state index is 0.103. The maximum atomic E-state index is 10.3. The van der Waals surface area contributed by atoms with Crippen LogP contribution in [0.5, 0.6) is 0 Å². The second-order valence-electron chi connectivity index (χ2n) is 8.78. The summed E-state index contributed by atoms with van der Waals surface area (Å²) in [6.45, 7) is 3.61. The molecule has 1 saturated heterocycles. The van der Waals surface area contributed by atoms with E-state index in [0.717, 1.165) is 38.5 Å². The first-order valence-corrected chi connectivity index (χ1v) is 10.5. The molecule has 0 aromatic carbocycles. The fraction of sp³-hybridized carbons (Fsp3) is 0.739. The van der Waals surface area contributed by atoms with Crippen LogP contribution in [0.2, 0.25) is 0 Å². The Balaban J connectivity index is 1.50.